The van der Waals surface area contributed by atoms with Gasteiger partial charge in [0.2, 0.25) is 0 Å². The Morgan fingerprint density at radius 3 is 2.72 bits per heavy atom. The van der Waals surface area contributed by atoms with Crippen LogP contribution in [0, 0.1) is 5.92 Å². The summed E-state index contributed by atoms with van der Waals surface area (Å²) in [4.78, 5) is 17.9. The average Bonchev–Trinajstić information content (AvgIpc) is 2.74. The largest absolute Gasteiger partial charge is 0.383 e. The van der Waals surface area contributed by atoms with Gasteiger partial charge in [0.25, 0.3) is 0 Å². The lowest BCUT2D eigenvalue weighted by Crippen LogP contribution is -2.36. The molecular weight excluding hydrogens is 362 g/mol. The van der Waals surface area contributed by atoms with E-state index in [9.17, 15) is 0 Å². The number of fused-ring (bicyclic) bond motifs is 1. The van der Waals surface area contributed by atoms with Crippen molar-refractivity contribution in [2.75, 3.05) is 49.7 Å². The normalized spacial score (nSPS) is 15.5. The van der Waals surface area contributed by atoms with E-state index in [1.54, 1.807) is 6.20 Å². The Labute approximate surface area is 172 Å². The molecule has 0 bridgehead atoms. The van der Waals surface area contributed by atoms with Crippen molar-refractivity contribution in [3.8, 4) is 0 Å². The number of nitrogens with two attached hydrogens (primary N) is 1. The van der Waals surface area contributed by atoms with Crippen molar-refractivity contribution < 1.29 is 0 Å². The van der Waals surface area contributed by atoms with Crippen LogP contribution in [0.4, 0.5) is 17.5 Å². The number of piperidine rings is 1. The molecule has 7 nitrogen and oxygen atoms in total. The Kier molecular flexibility index (Phi) is 5.76. The predicted octanol–water partition coefficient (Wildman–Crippen LogP) is 3.00. The lowest BCUT2D eigenvalue weighted by molar-refractivity contribution is 0.222. The molecule has 3 heterocycles. The quantitative estimate of drug-likeness (QED) is 0.668. The van der Waals surface area contributed by atoms with Crippen LogP contribution in [-0.4, -0.2) is 53.6 Å². The second-order valence-corrected chi connectivity index (χ2v) is 7.99. The zero-order valence-electron chi connectivity index (χ0n) is 17.2. The van der Waals surface area contributed by atoms with Crippen LogP contribution in [-0.2, 0) is 6.54 Å². The number of anilines is 3. The van der Waals surface area contributed by atoms with Gasteiger partial charge >= 0.3 is 0 Å². The van der Waals surface area contributed by atoms with Gasteiger partial charge in [0, 0.05) is 31.7 Å². The Morgan fingerprint density at radius 2 is 1.97 bits per heavy atom. The first-order chi connectivity index (χ1) is 14.1. The van der Waals surface area contributed by atoms with E-state index in [0.29, 0.717) is 12.4 Å². The zero-order valence-corrected chi connectivity index (χ0v) is 17.2. The lowest BCUT2D eigenvalue weighted by atomic mass is 9.97. The van der Waals surface area contributed by atoms with Crippen LogP contribution < -0.4 is 16.0 Å². The number of nitrogens with zero attached hydrogens (tertiary/aromatic N) is 5. The van der Waals surface area contributed by atoms with E-state index in [-0.39, 0.29) is 0 Å². The monoisotopic (exact) mass is 391 g/mol. The molecule has 3 aromatic rings. The van der Waals surface area contributed by atoms with Crippen molar-refractivity contribution in [3.05, 3.63) is 48.4 Å². The van der Waals surface area contributed by atoms with Gasteiger partial charge in [-0.3, -0.25) is 0 Å². The number of hydrogen-bond donors (Lipinski definition) is 2. The standard InChI is InChI=1S/C22H29N7/c1-28-9-6-16(7-10-28)15-29(2)21-14-26-20(13-27-21)25-12-17-3-4-19-18(11-17)5-8-24-22(19)23/h3-5,8,11,13-14,16H,6-7,9-10,12,15H2,1-2H3,(H2,23,24)(H,25,26). The molecule has 0 radical (unpaired) electrons. The van der Waals surface area contributed by atoms with Crippen molar-refractivity contribution in [2.24, 2.45) is 5.92 Å². The zero-order chi connectivity index (χ0) is 20.2. The third kappa shape index (κ3) is 4.74. The van der Waals surface area contributed by atoms with E-state index in [1.807, 2.05) is 24.5 Å². The third-order valence-electron chi connectivity index (χ3n) is 5.73. The molecule has 0 amide bonds. The molecule has 29 heavy (non-hydrogen) atoms. The van der Waals surface area contributed by atoms with Gasteiger partial charge in [0.1, 0.15) is 17.5 Å². The number of nitrogen functional groups attached to an aromatic ring is 1. The summed E-state index contributed by atoms with van der Waals surface area (Å²) in [6, 6.07) is 8.17. The summed E-state index contributed by atoms with van der Waals surface area (Å²) < 4.78 is 0. The van der Waals surface area contributed by atoms with Crippen molar-refractivity contribution in [1.82, 2.24) is 19.9 Å². The molecule has 1 fully saturated rings. The van der Waals surface area contributed by atoms with E-state index in [2.05, 4.69) is 56.3 Å². The van der Waals surface area contributed by atoms with E-state index in [1.165, 1.54) is 25.9 Å². The molecule has 0 aliphatic carbocycles. The molecule has 0 saturated carbocycles. The average molecular weight is 392 g/mol. The fraction of sp³-hybridized carbons (Fsp3) is 0.409. The molecule has 1 aliphatic heterocycles. The van der Waals surface area contributed by atoms with Gasteiger partial charge in [-0.2, -0.15) is 0 Å². The number of benzene rings is 1. The number of pyridine rings is 1. The van der Waals surface area contributed by atoms with Crippen LogP contribution in [0.5, 0.6) is 0 Å². The maximum atomic E-state index is 5.92. The Bertz CT molecular complexity index is 949. The fourth-order valence-electron chi connectivity index (χ4n) is 3.89. The van der Waals surface area contributed by atoms with Crippen LogP contribution in [0.15, 0.2) is 42.9 Å². The topological polar surface area (TPSA) is 83.2 Å². The van der Waals surface area contributed by atoms with Gasteiger partial charge in [-0.1, -0.05) is 12.1 Å². The second kappa shape index (κ2) is 8.61. The highest BCUT2D eigenvalue weighted by Crippen LogP contribution is 2.21. The molecule has 7 heteroatoms. The summed E-state index contributed by atoms with van der Waals surface area (Å²) >= 11 is 0. The highest BCUT2D eigenvalue weighted by molar-refractivity contribution is 5.91. The van der Waals surface area contributed by atoms with Crippen LogP contribution in [0.1, 0.15) is 18.4 Å². The van der Waals surface area contributed by atoms with Crippen LogP contribution >= 0.6 is 0 Å². The molecule has 1 aromatic carbocycles. The maximum absolute atomic E-state index is 5.92. The number of hydrogen-bond acceptors (Lipinski definition) is 7. The second-order valence-electron chi connectivity index (χ2n) is 7.99. The predicted molar refractivity (Wildman–Crippen MR) is 119 cm³/mol. The number of likely N-dealkylation sites (tertiary alicyclic amines) is 1. The third-order valence-corrected chi connectivity index (χ3v) is 5.73. The van der Waals surface area contributed by atoms with E-state index >= 15 is 0 Å². The SMILES string of the molecule is CN1CCC(CN(C)c2cnc(NCc3ccc4c(N)nccc4c3)cn2)CC1. The highest BCUT2D eigenvalue weighted by Gasteiger charge is 2.18. The smallest absolute Gasteiger partial charge is 0.146 e. The van der Waals surface area contributed by atoms with Gasteiger partial charge in [0.05, 0.1) is 12.4 Å². The van der Waals surface area contributed by atoms with Gasteiger partial charge in [-0.05, 0) is 62.0 Å². The van der Waals surface area contributed by atoms with E-state index in [0.717, 1.165) is 40.4 Å². The summed E-state index contributed by atoms with van der Waals surface area (Å²) in [5.74, 6) is 2.99. The van der Waals surface area contributed by atoms with Gasteiger partial charge in [-0.15, -0.1) is 0 Å². The first-order valence-electron chi connectivity index (χ1n) is 10.2. The minimum absolute atomic E-state index is 0.563. The highest BCUT2D eigenvalue weighted by atomic mass is 15.2. The summed E-state index contributed by atoms with van der Waals surface area (Å²) in [5, 5.41) is 5.42. The van der Waals surface area contributed by atoms with Gasteiger partial charge in [-0.25, -0.2) is 15.0 Å². The van der Waals surface area contributed by atoms with Crippen molar-refractivity contribution in [2.45, 2.75) is 19.4 Å². The Morgan fingerprint density at radius 1 is 1.14 bits per heavy atom. The molecule has 4 rings (SSSR count). The molecule has 152 valence electrons. The van der Waals surface area contributed by atoms with Crippen LogP contribution in [0.25, 0.3) is 10.8 Å². The van der Waals surface area contributed by atoms with E-state index in [4.69, 9.17) is 5.73 Å². The van der Waals surface area contributed by atoms with Gasteiger partial charge in [0.15, 0.2) is 0 Å². The molecule has 0 unspecified atom stereocenters. The molecule has 1 saturated heterocycles. The molecule has 1 aliphatic rings. The molecular formula is C22H29N7. The van der Waals surface area contributed by atoms with Crippen molar-refractivity contribution >= 4 is 28.2 Å². The number of aromatic nitrogens is 3. The minimum Gasteiger partial charge on any atom is -0.383 e. The first kappa shape index (κ1) is 19.4. The molecule has 0 atom stereocenters. The fourth-order valence-corrected chi connectivity index (χ4v) is 3.89. The van der Waals surface area contributed by atoms with Gasteiger partial charge < -0.3 is 20.9 Å². The van der Waals surface area contributed by atoms with Crippen molar-refractivity contribution in [1.29, 1.82) is 0 Å². The summed E-state index contributed by atoms with van der Waals surface area (Å²) in [7, 11) is 4.30. The number of nitrogens with one attached hydrogen (secondary N) is 1. The van der Waals surface area contributed by atoms with Crippen molar-refractivity contribution in [3.63, 3.8) is 0 Å². The minimum atomic E-state index is 0.563. The number of rotatable bonds is 6. The van der Waals surface area contributed by atoms with Crippen LogP contribution in [0.3, 0.4) is 0 Å². The van der Waals surface area contributed by atoms with E-state index < -0.39 is 0 Å². The van der Waals surface area contributed by atoms with Crippen LogP contribution in [0.2, 0.25) is 0 Å². The Hall–Kier alpha value is -2.93. The molecule has 2 aromatic heterocycles. The molecule has 3 N–H and O–H groups in total. The maximum Gasteiger partial charge on any atom is 0.146 e. The summed E-state index contributed by atoms with van der Waals surface area (Å²) in [6.07, 6.45) is 7.90. The Balaban J connectivity index is 1.33. The lowest BCUT2D eigenvalue weighted by Gasteiger charge is -2.31. The summed E-state index contributed by atoms with van der Waals surface area (Å²) in [5.41, 5.74) is 7.08. The first-order valence-corrected chi connectivity index (χ1v) is 10.2. The molecule has 0 spiro atoms. The summed E-state index contributed by atoms with van der Waals surface area (Å²) in [6.45, 7) is 4.08.